The highest BCUT2D eigenvalue weighted by atomic mass is 28.3. The quantitative estimate of drug-likeness (QED) is 0.379. The Labute approximate surface area is 143 Å². The molecule has 2 nitrogen and oxygen atoms in total. The molecule has 0 bridgehead atoms. The fourth-order valence-electron chi connectivity index (χ4n) is 4.85. The lowest BCUT2D eigenvalue weighted by atomic mass is 9.72. The first-order valence-corrected chi connectivity index (χ1v) is 11.6. The Hall–Kier alpha value is 0.354. The summed E-state index contributed by atoms with van der Waals surface area (Å²) in [6.45, 7) is 0.938. The van der Waals surface area contributed by atoms with Gasteiger partial charge in [-0.2, -0.15) is 0 Å². The normalized spacial score (nSPS) is 22.8. The van der Waals surface area contributed by atoms with E-state index in [2.05, 4.69) is 0 Å². The first kappa shape index (κ1) is 18.7. The van der Waals surface area contributed by atoms with Crippen molar-refractivity contribution in [3.63, 3.8) is 0 Å². The number of rotatable bonds is 8. The van der Waals surface area contributed by atoms with Crippen molar-refractivity contribution in [1.82, 2.24) is 0 Å². The maximum atomic E-state index is 5.65. The Morgan fingerprint density at radius 2 is 1.32 bits per heavy atom. The molecular formula is C18H37O2Si2. The molecule has 0 aromatic carbocycles. The van der Waals surface area contributed by atoms with Gasteiger partial charge in [0, 0.05) is 6.61 Å². The van der Waals surface area contributed by atoms with Gasteiger partial charge in [0.05, 0.1) is 0 Å². The summed E-state index contributed by atoms with van der Waals surface area (Å²) < 4.78 is 10.9. The molecule has 2 rings (SSSR count). The molecule has 2 saturated carbocycles. The summed E-state index contributed by atoms with van der Waals surface area (Å²) in [6, 6.07) is 0. The largest absolute Gasteiger partial charge is 0.446 e. The van der Waals surface area contributed by atoms with Crippen molar-refractivity contribution >= 4 is 20.5 Å². The minimum absolute atomic E-state index is 0.164. The van der Waals surface area contributed by atoms with Crippen molar-refractivity contribution < 1.29 is 8.54 Å². The topological polar surface area (TPSA) is 18.5 Å². The van der Waals surface area contributed by atoms with Crippen LogP contribution < -0.4 is 0 Å². The standard InChI is InChI=1S/C18H37O2Si2/c21-20-22-19-15-9-14-18(16-10-5-1-2-6-11-16)17-12-7-3-4-8-13-17/h16-18,22H,1-15H2,21H3. The van der Waals surface area contributed by atoms with E-state index in [1.165, 1.54) is 89.9 Å². The van der Waals surface area contributed by atoms with E-state index in [4.69, 9.17) is 8.54 Å². The summed E-state index contributed by atoms with van der Waals surface area (Å²) in [5, 5.41) is 0. The maximum Gasteiger partial charge on any atom is 0.353 e. The van der Waals surface area contributed by atoms with E-state index in [0.29, 0.717) is 0 Å². The molecule has 0 spiro atoms. The molecule has 0 N–H and O–H groups in total. The van der Waals surface area contributed by atoms with Crippen LogP contribution in [0.2, 0.25) is 0 Å². The van der Waals surface area contributed by atoms with Crippen LogP contribution in [0.15, 0.2) is 0 Å². The number of hydrogen-bond donors (Lipinski definition) is 0. The van der Waals surface area contributed by atoms with Gasteiger partial charge in [-0.25, -0.2) is 0 Å². The van der Waals surface area contributed by atoms with Crippen LogP contribution in [-0.2, 0) is 8.54 Å². The molecule has 4 heteroatoms. The van der Waals surface area contributed by atoms with Crippen LogP contribution in [0.3, 0.4) is 0 Å². The first-order valence-electron chi connectivity index (χ1n) is 9.88. The predicted molar refractivity (Wildman–Crippen MR) is 99.2 cm³/mol. The molecule has 0 saturated heterocycles. The third kappa shape index (κ3) is 6.85. The second-order valence-electron chi connectivity index (χ2n) is 7.51. The summed E-state index contributed by atoms with van der Waals surface area (Å²) in [5.74, 6) is 3.03. The lowest BCUT2D eigenvalue weighted by molar-refractivity contribution is 0.160. The third-order valence-corrected chi connectivity index (χ3v) is 7.12. The van der Waals surface area contributed by atoms with Crippen LogP contribution >= 0.6 is 0 Å². The van der Waals surface area contributed by atoms with Crippen LogP contribution in [0.25, 0.3) is 0 Å². The smallest absolute Gasteiger partial charge is 0.353 e. The fourth-order valence-corrected chi connectivity index (χ4v) is 5.66. The molecule has 0 heterocycles. The Morgan fingerprint density at radius 3 is 1.77 bits per heavy atom. The Kier molecular flexibility index (Phi) is 10.0. The second-order valence-corrected chi connectivity index (χ2v) is 9.92. The van der Waals surface area contributed by atoms with Gasteiger partial charge in [0.25, 0.3) is 0 Å². The van der Waals surface area contributed by atoms with Gasteiger partial charge >= 0.3 is 10.0 Å². The van der Waals surface area contributed by atoms with Gasteiger partial charge in [0.2, 0.25) is 0 Å². The van der Waals surface area contributed by atoms with Crippen molar-refractivity contribution in [3.05, 3.63) is 0 Å². The van der Waals surface area contributed by atoms with Crippen molar-refractivity contribution in [2.24, 2.45) is 17.8 Å². The third-order valence-electron chi connectivity index (χ3n) is 5.97. The van der Waals surface area contributed by atoms with Crippen molar-refractivity contribution in [1.29, 1.82) is 0 Å². The minimum Gasteiger partial charge on any atom is -0.446 e. The van der Waals surface area contributed by atoms with Crippen molar-refractivity contribution in [3.8, 4) is 0 Å². The Bertz CT molecular complexity index is 240. The van der Waals surface area contributed by atoms with Gasteiger partial charge in [-0.05, 0) is 30.6 Å². The van der Waals surface area contributed by atoms with Gasteiger partial charge in [-0.3, -0.25) is 0 Å². The molecule has 129 valence electrons. The summed E-state index contributed by atoms with van der Waals surface area (Å²) in [7, 11) is 0.663. The Balaban J connectivity index is 1.86. The van der Waals surface area contributed by atoms with Gasteiger partial charge in [-0.1, -0.05) is 77.0 Å². The van der Waals surface area contributed by atoms with Gasteiger partial charge in [0.15, 0.2) is 0 Å². The van der Waals surface area contributed by atoms with Gasteiger partial charge < -0.3 is 8.54 Å². The van der Waals surface area contributed by atoms with Crippen molar-refractivity contribution in [2.45, 2.75) is 89.9 Å². The molecule has 1 radical (unpaired) electrons. The second kappa shape index (κ2) is 11.8. The summed E-state index contributed by atoms with van der Waals surface area (Å²) in [6.07, 6.45) is 20.6. The molecule has 2 aliphatic carbocycles. The zero-order valence-electron chi connectivity index (χ0n) is 14.7. The predicted octanol–water partition coefficient (Wildman–Crippen LogP) is 3.90. The SMILES string of the molecule is [SiH3]O[SiH]OCCCC(C1CCCCCC1)C1CCCCCC1. The summed E-state index contributed by atoms with van der Waals surface area (Å²) in [5.41, 5.74) is 0. The first-order chi connectivity index (χ1) is 10.9. The lowest BCUT2D eigenvalue weighted by Gasteiger charge is -2.33. The average Bonchev–Trinajstić information content (AvgIpc) is 2.96. The monoisotopic (exact) mass is 341 g/mol. The Morgan fingerprint density at radius 1 is 0.818 bits per heavy atom. The van der Waals surface area contributed by atoms with Gasteiger partial charge in [0.1, 0.15) is 10.5 Å². The zero-order valence-corrected chi connectivity index (χ0v) is 17.9. The maximum absolute atomic E-state index is 5.65. The highest BCUT2D eigenvalue weighted by Crippen LogP contribution is 2.41. The molecule has 22 heavy (non-hydrogen) atoms. The highest BCUT2D eigenvalue weighted by Gasteiger charge is 2.29. The average molecular weight is 342 g/mol. The summed E-state index contributed by atoms with van der Waals surface area (Å²) in [4.78, 5) is 0. The van der Waals surface area contributed by atoms with E-state index in [-0.39, 0.29) is 10.0 Å². The van der Waals surface area contributed by atoms with Crippen LogP contribution in [0, 0.1) is 17.8 Å². The van der Waals surface area contributed by atoms with E-state index < -0.39 is 0 Å². The lowest BCUT2D eigenvalue weighted by Crippen LogP contribution is -2.24. The van der Waals surface area contributed by atoms with Crippen molar-refractivity contribution in [2.75, 3.05) is 6.61 Å². The highest BCUT2D eigenvalue weighted by molar-refractivity contribution is 6.27. The van der Waals surface area contributed by atoms with Crippen LogP contribution in [0.1, 0.15) is 89.9 Å². The fraction of sp³-hybridized carbons (Fsp3) is 1.00. The molecule has 0 unspecified atom stereocenters. The van der Waals surface area contributed by atoms with E-state index in [1.54, 1.807) is 0 Å². The molecular weight excluding hydrogens is 304 g/mol. The minimum atomic E-state index is -0.164. The molecule has 0 atom stereocenters. The van der Waals surface area contributed by atoms with Crippen LogP contribution in [0.5, 0.6) is 0 Å². The number of hydrogen-bond acceptors (Lipinski definition) is 2. The zero-order chi connectivity index (χ0) is 15.5. The van der Waals surface area contributed by atoms with Gasteiger partial charge in [-0.15, -0.1) is 0 Å². The summed E-state index contributed by atoms with van der Waals surface area (Å²) >= 11 is 0. The molecule has 0 aromatic heterocycles. The molecule has 0 amide bonds. The van der Waals surface area contributed by atoms with Crippen LogP contribution in [0.4, 0.5) is 0 Å². The molecule has 0 aromatic rings. The van der Waals surface area contributed by atoms with E-state index in [1.807, 2.05) is 0 Å². The molecule has 2 aliphatic rings. The molecule has 0 aliphatic heterocycles. The van der Waals surface area contributed by atoms with E-state index >= 15 is 0 Å². The van der Waals surface area contributed by atoms with Crippen LogP contribution in [-0.4, -0.2) is 27.1 Å². The molecule has 2 fully saturated rings. The van der Waals surface area contributed by atoms with E-state index in [9.17, 15) is 0 Å². The van der Waals surface area contributed by atoms with E-state index in [0.717, 1.165) is 34.8 Å².